The van der Waals surface area contributed by atoms with Gasteiger partial charge >= 0.3 is 19.4 Å². The molecule has 1 fully saturated rings. The minimum atomic E-state index is -4.14. The molecule has 6 atom stereocenters. The fraction of sp³-hybridized carbons (Fsp3) is 0.586. The molecule has 1 aliphatic heterocycles. The Balaban J connectivity index is 1.84. The van der Waals surface area contributed by atoms with Crippen LogP contribution in [0, 0.1) is 11.3 Å². The quantitative estimate of drug-likeness (QED) is 0.0960. The third-order valence-electron chi connectivity index (χ3n) is 7.31. The van der Waals surface area contributed by atoms with Crippen LogP contribution in [0.4, 0.5) is 5.82 Å². The number of nitrogens with zero attached hydrogens (tertiary/aromatic N) is 2. The van der Waals surface area contributed by atoms with Crippen molar-refractivity contribution in [2.45, 2.75) is 71.2 Å². The molecular formula is C29H44N5O10PS. The highest BCUT2D eigenvalue weighted by molar-refractivity contribution is 8.13. The molecule has 1 aromatic heterocycles. The molecule has 15 nitrogen and oxygen atoms in total. The number of thioether (sulfide) groups is 1. The van der Waals surface area contributed by atoms with E-state index in [1.165, 1.54) is 19.2 Å². The molecule has 0 amide bonds. The first-order valence-corrected chi connectivity index (χ1v) is 17.2. The van der Waals surface area contributed by atoms with Gasteiger partial charge in [-0.1, -0.05) is 55.9 Å². The van der Waals surface area contributed by atoms with Crippen LogP contribution in [0.25, 0.3) is 0 Å². The first kappa shape index (κ1) is 37.8. The summed E-state index contributed by atoms with van der Waals surface area (Å²) >= 11 is 0.916. The number of carbonyl (C=O) groups is 2. The number of anilines is 1. The number of nitrogen functional groups attached to an aromatic ring is 1. The number of nitrogens with one attached hydrogen (secondary N) is 1. The Labute approximate surface area is 271 Å². The van der Waals surface area contributed by atoms with Gasteiger partial charge in [0.25, 0.3) is 0 Å². The zero-order chi connectivity index (χ0) is 34.3. The van der Waals surface area contributed by atoms with Gasteiger partial charge in [0.15, 0.2) is 17.4 Å². The van der Waals surface area contributed by atoms with Crippen LogP contribution < -0.4 is 22.2 Å². The van der Waals surface area contributed by atoms with Gasteiger partial charge in [0, 0.05) is 18.5 Å². The molecule has 0 saturated carbocycles. The highest BCUT2D eigenvalue weighted by Crippen LogP contribution is 2.47. The summed E-state index contributed by atoms with van der Waals surface area (Å²) in [6.07, 6.45) is -2.83. The largest absolute Gasteiger partial charge is 0.455 e. The molecule has 256 valence electrons. The third kappa shape index (κ3) is 9.69. The number of carbonyl (C=O) groups excluding carboxylic acids is 2. The van der Waals surface area contributed by atoms with Gasteiger partial charge in [-0.25, -0.2) is 14.4 Å². The normalized spacial score (nSPS) is 23.6. The van der Waals surface area contributed by atoms with Crippen LogP contribution in [-0.4, -0.2) is 80.3 Å². The number of nitrogens with two attached hydrogens (primary N) is 2. The van der Waals surface area contributed by atoms with E-state index in [0.29, 0.717) is 0 Å². The SMILES string of the molecule is CC(C)C(N)C(=O)O[C@@H]1C(COP(=O)(NCc2ccccc2)OCCSC(=O)C(C)(C)CO)OC(n2ccc(N)nc2=O)[C@]1(C)O. The zero-order valence-electron chi connectivity index (χ0n) is 26.5. The second-order valence-electron chi connectivity index (χ2n) is 12.0. The number of aliphatic hydroxyl groups excluding tert-OH is 1. The summed E-state index contributed by atoms with van der Waals surface area (Å²) < 4.78 is 38.0. The van der Waals surface area contributed by atoms with Crippen molar-refractivity contribution in [3.63, 3.8) is 0 Å². The molecule has 0 aliphatic carbocycles. The highest BCUT2D eigenvalue weighted by atomic mass is 32.2. The van der Waals surface area contributed by atoms with Crippen LogP contribution in [0.15, 0.2) is 47.4 Å². The molecule has 7 N–H and O–H groups in total. The second kappa shape index (κ2) is 16.0. The number of hydrogen-bond acceptors (Lipinski definition) is 14. The number of ether oxygens (including phenoxy) is 2. The molecule has 0 bridgehead atoms. The predicted molar refractivity (Wildman–Crippen MR) is 171 cm³/mol. The molecule has 4 unspecified atom stereocenters. The smallest absolute Gasteiger partial charge is 0.405 e. The number of esters is 1. The van der Waals surface area contributed by atoms with Gasteiger partial charge in [0.2, 0.25) is 0 Å². The van der Waals surface area contributed by atoms with Crippen molar-refractivity contribution in [1.29, 1.82) is 0 Å². The van der Waals surface area contributed by atoms with Crippen LogP contribution >= 0.6 is 19.5 Å². The second-order valence-corrected chi connectivity index (χ2v) is 14.9. The van der Waals surface area contributed by atoms with E-state index in [2.05, 4.69) is 10.1 Å². The van der Waals surface area contributed by atoms with Crippen molar-refractivity contribution in [1.82, 2.24) is 14.6 Å². The topological polar surface area (TPSA) is 228 Å². The lowest BCUT2D eigenvalue weighted by atomic mass is 9.95. The number of aliphatic hydroxyl groups is 2. The van der Waals surface area contributed by atoms with Crippen molar-refractivity contribution >= 4 is 36.4 Å². The van der Waals surface area contributed by atoms with E-state index in [1.807, 2.05) is 6.07 Å². The summed E-state index contributed by atoms with van der Waals surface area (Å²) in [5.74, 6) is -1.06. The molecule has 0 spiro atoms. The molecule has 1 saturated heterocycles. The van der Waals surface area contributed by atoms with Crippen LogP contribution in [-0.2, 0) is 39.2 Å². The van der Waals surface area contributed by atoms with Crippen LogP contribution in [0.3, 0.4) is 0 Å². The van der Waals surface area contributed by atoms with Crippen molar-refractivity contribution in [3.05, 3.63) is 58.6 Å². The molecule has 3 rings (SSSR count). The maximum atomic E-state index is 14.0. The number of rotatable bonds is 16. The van der Waals surface area contributed by atoms with Crippen molar-refractivity contribution in [2.24, 2.45) is 17.1 Å². The zero-order valence-corrected chi connectivity index (χ0v) is 28.2. The summed E-state index contributed by atoms with van der Waals surface area (Å²) in [6, 6.07) is 9.34. The fourth-order valence-electron chi connectivity index (χ4n) is 4.28. The Morgan fingerprint density at radius 2 is 1.91 bits per heavy atom. The number of hydrogen-bond donors (Lipinski definition) is 5. The molecule has 2 heterocycles. The predicted octanol–water partition coefficient (Wildman–Crippen LogP) is 1.58. The molecule has 46 heavy (non-hydrogen) atoms. The maximum Gasteiger partial charge on any atom is 0.405 e. The van der Waals surface area contributed by atoms with Gasteiger partial charge in [-0.05, 0) is 38.3 Å². The van der Waals surface area contributed by atoms with Gasteiger partial charge < -0.3 is 31.2 Å². The molecule has 1 aromatic carbocycles. The standard InChI is InChI=1S/C29H44N5O10PS/c1-18(2)22(31)24(36)44-23-20(43-25(29(23,5)39)34-12-11-21(30)33-27(34)38)16-42-45(40,32-15-19-9-7-6-8-10-19)41-13-14-46-26(37)28(3,4)17-35/h6-12,18,20,22-23,25,35,39H,13-17,31H2,1-5H3,(H,32,40)(H2,30,33,38)/t20?,22?,23-,25?,29-,45?/m1/s1. The van der Waals surface area contributed by atoms with E-state index >= 15 is 0 Å². The van der Waals surface area contributed by atoms with Crippen LogP contribution in [0.1, 0.15) is 46.4 Å². The summed E-state index contributed by atoms with van der Waals surface area (Å²) in [7, 11) is -4.14. The molecule has 1 aliphatic rings. The molecule has 0 radical (unpaired) electrons. The number of aromatic nitrogens is 2. The lowest BCUT2D eigenvalue weighted by Gasteiger charge is -2.31. The average Bonchev–Trinajstić information content (AvgIpc) is 3.25. The Hall–Kier alpha value is -2.66. The van der Waals surface area contributed by atoms with Gasteiger partial charge in [0.05, 0.1) is 25.2 Å². The minimum absolute atomic E-state index is 0.0491. The van der Waals surface area contributed by atoms with Gasteiger partial charge in [-0.2, -0.15) is 4.98 Å². The van der Waals surface area contributed by atoms with Crippen molar-refractivity contribution in [3.8, 4) is 0 Å². The Kier molecular flexibility index (Phi) is 13.1. The van der Waals surface area contributed by atoms with Crippen LogP contribution in [0.2, 0.25) is 0 Å². The first-order valence-electron chi connectivity index (χ1n) is 14.7. The van der Waals surface area contributed by atoms with Gasteiger partial charge in [-0.15, -0.1) is 0 Å². The van der Waals surface area contributed by atoms with E-state index < -0.39 is 61.5 Å². The Morgan fingerprint density at radius 1 is 1.24 bits per heavy atom. The summed E-state index contributed by atoms with van der Waals surface area (Å²) in [4.78, 5) is 41.7. The van der Waals surface area contributed by atoms with E-state index in [9.17, 15) is 29.2 Å². The third-order valence-corrected chi connectivity index (χ3v) is 10.1. The maximum absolute atomic E-state index is 14.0. The summed E-state index contributed by atoms with van der Waals surface area (Å²) in [6.45, 7) is 7.02. The summed E-state index contributed by atoms with van der Waals surface area (Å²) in [5, 5.41) is 23.6. The van der Waals surface area contributed by atoms with Crippen molar-refractivity contribution in [2.75, 3.05) is 31.3 Å². The minimum Gasteiger partial charge on any atom is -0.455 e. The van der Waals surface area contributed by atoms with E-state index in [-0.39, 0.29) is 42.4 Å². The highest BCUT2D eigenvalue weighted by Gasteiger charge is 2.57. The molecule has 2 aromatic rings. The van der Waals surface area contributed by atoms with Crippen molar-refractivity contribution < 1.29 is 42.9 Å². The fourth-order valence-corrected chi connectivity index (χ4v) is 6.52. The monoisotopic (exact) mass is 685 g/mol. The lowest BCUT2D eigenvalue weighted by Crippen LogP contribution is -2.51. The van der Waals surface area contributed by atoms with E-state index in [0.717, 1.165) is 21.9 Å². The Bertz CT molecular complexity index is 1440. The number of benzene rings is 1. The van der Waals surface area contributed by atoms with E-state index in [4.69, 9.17) is 30.0 Å². The van der Waals surface area contributed by atoms with Crippen LogP contribution in [0.5, 0.6) is 0 Å². The lowest BCUT2D eigenvalue weighted by molar-refractivity contribution is -0.166. The summed E-state index contributed by atoms with van der Waals surface area (Å²) in [5.41, 5.74) is 8.59. The van der Waals surface area contributed by atoms with E-state index in [1.54, 1.807) is 52.0 Å². The van der Waals surface area contributed by atoms with Gasteiger partial charge in [0.1, 0.15) is 23.6 Å². The van der Waals surface area contributed by atoms with Gasteiger partial charge in [-0.3, -0.25) is 23.2 Å². The molecule has 17 heteroatoms. The Morgan fingerprint density at radius 3 is 2.52 bits per heavy atom. The molecular weight excluding hydrogens is 641 g/mol. The first-order chi connectivity index (χ1) is 21.5. The average molecular weight is 686 g/mol.